The van der Waals surface area contributed by atoms with Crippen molar-refractivity contribution in [2.75, 3.05) is 20.2 Å². The lowest BCUT2D eigenvalue weighted by molar-refractivity contribution is 0.0791. The minimum atomic E-state index is -0.155. The summed E-state index contributed by atoms with van der Waals surface area (Å²) < 4.78 is 0. The van der Waals surface area contributed by atoms with Crippen LogP contribution in [0.2, 0.25) is 0 Å². The number of aromatic nitrogens is 1. The molecule has 1 aromatic heterocycles. The highest BCUT2D eigenvalue weighted by atomic mass is 16.3. The molecule has 0 unspecified atom stereocenters. The van der Waals surface area contributed by atoms with Gasteiger partial charge in [0, 0.05) is 26.4 Å². The minimum Gasteiger partial charge on any atom is -0.506 e. The molecule has 0 aliphatic rings. The number of unbranched alkanes of at least 4 members (excludes halogenated alkanes) is 2. The molecular weight excluding hydrogens is 220 g/mol. The van der Waals surface area contributed by atoms with Gasteiger partial charge < -0.3 is 15.1 Å². The largest absolute Gasteiger partial charge is 0.506 e. The van der Waals surface area contributed by atoms with E-state index in [1.165, 1.54) is 18.5 Å². The third-order valence-corrected chi connectivity index (χ3v) is 2.47. The molecule has 5 heteroatoms. The summed E-state index contributed by atoms with van der Waals surface area (Å²) in [7, 11) is 1.71. The fourth-order valence-electron chi connectivity index (χ4n) is 1.50. The Hall–Kier alpha value is -1.62. The smallest absolute Gasteiger partial charge is 0.255 e. The van der Waals surface area contributed by atoms with Crippen LogP contribution < -0.4 is 0 Å². The van der Waals surface area contributed by atoms with Gasteiger partial charge in [-0.3, -0.25) is 9.78 Å². The van der Waals surface area contributed by atoms with Gasteiger partial charge in [0.1, 0.15) is 5.75 Å². The second-order valence-corrected chi connectivity index (χ2v) is 3.94. The lowest BCUT2D eigenvalue weighted by Gasteiger charge is -2.16. The van der Waals surface area contributed by atoms with E-state index in [9.17, 15) is 9.90 Å². The highest BCUT2D eigenvalue weighted by Gasteiger charge is 2.11. The first-order chi connectivity index (χ1) is 8.15. The van der Waals surface area contributed by atoms with Crippen molar-refractivity contribution in [1.29, 1.82) is 0 Å². The monoisotopic (exact) mass is 238 g/mol. The van der Waals surface area contributed by atoms with Crippen LogP contribution in [0, 0.1) is 0 Å². The number of carbonyl (C=O) groups excluding carboxylic acids is 1. The molecule has 1 rings (SSSR count). The molecule has 0 aliphatic carbocycles. The van der Waals surface area contributed by atoms with Crippen LogP contribution in [0.4, 0.5) is 0 Å². The van der Waals surface area contributed by atoms with E-state index in [2.05, 4.69) is 4.98 Å². The highest BCUT2D eigenvalue weighted by molar-refractivity contribution is 5.94. The standard InChI is InChI=1S/C12H18N2O3/c1-14(5-3-2-4-6-15)12(17)10-7-11(16)9-13-8-10/h7-9,15-16H,2-6H2,1H3. The molecular formula is C12H18N2O3. The van der Waals surface area contributed by atoms with Crippen molar-refractivity contribution in [2.24, 2.45) is 0 Å². The van der Waals surface area contributed by atoms with E-state index >= 15 is 0 Å². The predicted molar refractivity (Wildman–Crippen MR) is 63.8 cm³/mol. The van der Waals surface area contributed by atoms with Crippen molar-refractivity contribution in [3.63, 3.8) is 0 Å². The molecule has 2 N–H and O–H groups in total. The summed E-state index contributed by atoms with van der Waals surface area (Å²) in [5.41, 5.74) is 0.384. The third kappa shape index (κ3) is 4.40. The topological polar surface area (TPSA) is 73.7 Å². The lowest BCUT2D eigenvalue weighted by atomic mass is 10.2. The molecule has 0 aromatic carbocycles. The van der Waals surface area contributed by atoms with Crippen molar-refractivity contribution >= 4 is 5.91 Å². The van der Waals surface area contributed by atoms with Crippen LogP contribution in [0.3, 0.4) is 0 Å². The van der Waals surface area contributed by atoms with Gasteiger partial charge in [-0.2, -0.15) is 0 Å². The fraction of sp³-hybridized carbons (Fsp3) is 0.500. The van der Waals surface area contributed by atoms with E-state index in [0.717, 1.165) is 19.3 Å². The number of carbonyl (C=O) groups is 1. The van der Waals surface area contributed by atoms with Gasteiger partial charge >= 0.3 is 0 Å². The van der Waals surface area contributed by atoms with Gasteiger partial charge in [0.2, 0.25) is 0 Å². The maximum Gasteiger partial charge on any atom is 0.255 e. The van der Waals surface area contributed by atoms with E-state index in [1.54, 1.807) is 11.9 Å². The summed E-state index contributed by atoms with van der Waals surface area (Å²) in [5.74, 6) is -0.165. The van der Waals surface area contributed by atoms with Gasteiger partial charge in [0.15, 0.2) is 0 Å². The second-order valence-electron chi connectivity index (χ2n) is 3.94. The predicted octanol–water partition coefficient (Wildman–Crippen LogP) is 1.02. The molecule has 17 heavy (non-hydrogen) atoms. The van der Waals surface area contributed by atoms with Crippen molar-refractivity contribution < 1.29 is 15.0 Å². The number of rotatable bonds is 6. The molecule has 0 fully saturated rings. The van der Waals surface area contributed by atoms with Crippen LogP contribution in [0.25, 0.3) is 0 Å². The number of aliphatic hydroxyl groups is 1. The average Bonchev–Trinajstić information content (AvgIpc) is 2.33. The van der Waals surface area contributed by atoms with E-state index in [1.807, 2.05) is 0 Å². The van der Waals surface area contributed by atoms with Crippen LogP contribution in [-0.4, -0.2) is 46.2 Å². The zero-order chi connectivity index (χ0) is 12.7. The van der Waals surface area contributed by atoms with Gasteiger partial charge in [-0.15, -0.1) is 0 Å². The molecule has 0 radical (unpaired) electrons. The fourth-order valence-corrected chi connectivity index (χ4v) is 1.50. The summed E-state index contributed by atoms with van der Waals surface area (Å²) in [6.45, 7) is 0.822. The van der Waals surface area contributed by atoms with Crippen LogP contribution in [0.15, 0.2) is 18.5 Å². The Morgan fingerprint density at radius 3 is 2.76 bits per heavy atom. The summed E-state index contributed by atoms with van der Waals surface area (Å²) in [4.78, 5) is 17.2. The van der Waals surface area contributed by atoms with Gasteiger partial charge in [0.05, 0.1) is 11.8 Å². The number of amides is 1. The summed E-state index contributed by atoms with van der Waals surface area (Å²) in [5, 5.41) is 17.9. The highest BCUT2D eigenvalue weighted by Crippen LogP contribution is 2.10. The van der Waals surface area contributed by atoms with Crippen molar-refractivity contribution in [3.05, 3.63) is 24.0 Å². The Morgan fingerprint density at radius 2 is 2.12 bits per heavy atom. The molecule has 1 heterocycles. The van der Waals surface area contributed by atoms with E-state index in [0.29, 0.717) is 12.1 Å². The maximum atomic E-state index is 11.9. The van der Waals surface area contributed by atoms with E-state index < -0.39 is 0 Å². The van der Waals surface area contributed by atoms with E-state index in [-0.39, 0.29) is 18.3 Å². The molecule has 94 valence electrons. The van der Waals surface area contributed by atoms with Crippen molar-refractivity contribution in [3.8, 4) is 5.75 Å². The first-order valence-corrected chi connectivity index (χ1v) is 5.65. The molecule has 0 saturated carbocycles. The van der Waals surface area contributed by atoms with Gasteiger partial charge in [0.25, 0.3) is 5.91 Å². The van der Waals surface area contributed by atoms with Crippen LogP contribution >= 0.6 is 0 Å². The zero-order valence-electron chi connectivity index (χ0n) is 9.96. The third-order valence-electron chi connectivity index (χ3n) is 2.47. The maximum absolute atomic E-state index is 11.9. The molecule has 0 atom stereocenters. The zero-order valence-corrected chi connectivity index (χ0v) is 9.96. The quantitative estimate of drug-likeness (QED) is 0.726. The number of aliphatic hydroxyl groups excluding tert-OH is 1. The summed E-state index contributed by atoms with van der Waals surface area (Å²) >= 11 is 0. The first-order valence-electron chi connectivity index (χ1n) is 5.65. The first kappa shape index (κ1) is 13.4. The van der Waals surface area contributed by atoms with Crippen LogP contribution in [0.5, 0.6) is 5.75 Å². The van der Waals surface area contributed by atoms with E-state index in [4.69, 9.17) is 5.11 Å². The van der Waals surface area contributed by atoms with Gasteiger partial charge in [-0.1, -0.05) is 0 Å². The normalized spacial score (nSPS) is 10.2. The van der Waals surface area contributed by atoms with Crippen LogP contribution in [-0.2, 0) is 0 Å². The van der Waals surface area contributed by atoms with Crippen molar-refractivity contribution in [1.82, 2.24) is 9.88 Å². The van der Waals surface area contributed by atoms with Crippen molar-refractivity contribution in [2.45, 2.75) is 19.3 Å². The van der Waals surface area contributed by atoms with Gasteiger partial charge in [-0.05, 0) is 25.3 Å². The summed E-state index contributed by atoms with van der Waals surface area (Å²) in [6, 6.07) is 1.40. The summed E-state index contributed by atoms with van der Waals surface area (Å²) in [6.07, 6.45) is 5.24. The molecule has 1 amide bonds. The Morgan fingerprint density at radius 1 is 1.35 bits per heavy atom. The number of hydrogen-bond donors (Lipinski definition) is 2. The number of aromatic hydroxyl groups is 1. The SMILES string of the molecule is CN(CCCCCO)C(=O)c1cncc(O)c1. The molecule has 5 nitrogen and oxygen atoms in total. The molecule has 0 spiro atoms. The Labute approximate surface area is 101 Å². The Bertz CT molecular complexity index is 369. The number of hydrogen-bond acceptors (Lipinski definition) is 4. The lowest BCUT2D eigenvalue weighted by Crippen LogP contribution is -2.27. The van der Waals surface area contributed by atoms with Gasteiger partial charge in [-0.25, -0.2) is 0 Å². The second kappa shape index (κ2) is 6.85. The Balaban J connectivity index is 2.46. The number of nitrogens with zero attached hydrogens (tertiary/aromatic N) is 2. The Kier molecular flexibility index (Phi) is 5.42. The molecule has 0 bridgehead atoms. The molecule has 0 aliphatic heterocycles. The van der Waals surface area contributed by atoms with Crippen LogP contribution in [0.1, 0.15) is 29.6 Å². The molecule has 0 saturated heterocycles. The number of pyridine rings is 1. The minimum absolute atomic E-state index is 0.00969. The molecule has 1 aromatic rings. The average molecular weight is 238 g/mol.